The maximum absolute atomic E-state index is 5.68. The van der Waals surface area contributed by atoms with E-state index in [0.29, 0.717) is 5.88 Å². The van der Waals surface area contributed by atoms with E-state index < -0.39 is 0 Å². The quantitative estimate of drug-likeness (QED) is 0.695. The number of rotatable bonds is 4. The van der Waals surface area contributed by atoms with Crippen molar-refractivity contribution < 1.29 is 4.74 Å². The SMILES string of the molecule is COc1cc(C)c(C)cc1CCCCl. The Labute approximate surface area is 91.0 Å². The van der Waals surface area contributed by atoms with E-state index in [0.717, 1.165) is 18.6 Å². The molecule has 1 rings (SSSR count). The highest BCUT2D eigenvalue weighted by atomic mass is 35.5. The summed E-state index contributed by atoms with van der Waals surface area (Å²) in [6, 6.07) is 4.29. The third-order valence-electron chi connectivity index (χ3n) is 2.48. The highest BCUT2D eigenvalue weighted by Crippen LogP contribution is 2.24. The van der Waals surface area contributed by atoms with Crippen LogP contribution < -0.4 is 4.74 Å². The summed E-state index contributed by atoms with van der Waals surface area (Å²) in [7, 11) is 1.72. The second-order valence-electron chi connectivity index (χ2n) is 3.54. The van der Waals surface area contributed by atoms with Gasteiger partial charge in [-0.25, -0.2) is 0 Å². The Bertz CT molecular complexity index is 307. The number of alkyl halides is 1. The number of methoxy groups -OCH3 is 1. The maximum Gasteiger partial charge on any atom is 0.122 e. The van der Waals surface area contributed by atoms with Gasteiger partial charge in [0, 0.05) is 5.88 Å². The lowest BCUT2D eigenvalue weighted by molar-refractivity contribution is 0.409. The minimum absolute atomic E-state index is 0.704. The average Bonchev–Trinajstić information content (AvgIpc) is 2.19. The molecule has 78 valence electrons. The lowest BCUT2D eigenvalue weighted by Gasteiger charge is -2.11. The molecule has 0 atom stereocenters. The van der Waals surface area contributed by atoms with Gasteiger partial charge in [0.25, 0.3) is 0 Å². The topological polar surface area (TPSA) is 9.23 Å². The van der Waals surface area contributed by atoms with Crippen molar-refractivity contribution in [3.63, 3.8) is 0 Å². The zero-order valence-electron chi connectivity index (χ0n) is 9.06. The molecule has 1 aromatic carbocycles. The van der Waals surface area contributed by atoms with Crippen molar-refractivity contribution in [2.45, 2.75) is 26.7 Å². The van der Waals surface area contributed by atoms with Crippen LogP contribution in [-0.2, 0) is 6.42 Å². The summed E-state index contributed by atoms with van der Waals surface area (Å²) >= 11 is 5.68. The fourth-order valence-corrected chi connectivity index (χ4v) is 1.63. The van der Waals surface area contributed by atoms with E-state index in [-0.39, 0.29) is 0 Å². The molecule has 0 aliphatic carbocycles. The molecule has 0 aliphatic heterocycles. The van der Waals surface area contributed by atoms with Gasteiger partial charge in [-0.3, -0.25) is 0 Å². The normalized spacial score (nSPS) is 10.3. The second kappa shape index (κ2) is 5.26. The summed E-state index contributed by atoms with van der Waals surface area (Å²) in [5.74, 6) is 1.69. The first-order valence-electron chi connectivity index (χ1n) is 4.89. The van der Waals surface area contributed by atoms with Gasteiger partial charge in [-0.15, -0.1) is 11.6 Å². The van der Waals surface area contributed by atoms with Crippen molar-refractivity contribution in [3.8, 4) is 5.75 Å². The van der Waals surface area contributed by atoms with Gasteiger partial charge in [0.1, 0.15) is 5.75 Å². The molecule has 0 saturated carbocycles. The van der Waals surface area contributed by atoms with E-state index in [1.807, 2.05) is 0 Å². The third-order valence-corrected chi connectivity index (χ3v) is 2.74. The predicted molar refractivity (Wildman–Crippen MR) is 61.5 cm³/mol. The Hall–Kier alpha value is -0.690. The zero-order chi connectivity index (χ0) is 10.6. The fourth-order valence-electron chi connectivity index (χ4n) is 1.49. The van der Waals surface area contributed by atoms with Gasteiger partial charge in [-0.1, -0.05) is 6.07 Å². The lowest BCUT2D eigenvalue weighted by Crippen LogP contribution is -1.95. The molecule has 1 nitrogen and oxygen atoms in total. The van der Waals surface area contributed by atoms with Crippen LogP contribution in [0.5, 0.6) is 5.75 Å². The molecule has 14 heavy (non-hydrogen) atoms. The summed E-state index contributed by atoms with van der Waals surface area (Å²) < 4.78 is 5.34. The number of ether oxygens (including phenoxy) is 1. The van der Waals surface area contributed by atoms with Crippen molar-refractivity contribution in [3.05, 3.63) is 28.8 Å². The summed E-state index contributed by atoms with van der Waals surface area (Å²) in [6.07, 6.45) is 1.99. The van der Waals surface area contributed by atoms with Gasteiger partial charge in [-0.2, -0.15) is 0 Å². The fraction of sp³-hybridized carbons (Fsp3) is 0.500. The van der Waals surface area contributed by atoms with Crippen molar-refractivity contribution >= 4 is 11.6 Å². The van der Waals surface area contributed by atoms with Crippen molar-refractivity contribution in [2.75, 3.05) is 13.0 Å². The first-order chi connectivity index (χ1) is 6.69. The van der Waals surface area contributed by atoms with Crippen molar-refractivity contribution in [1.82, 2.24) is 0 Å². The molecule has 1 aromatic rings. The standard InChI is InChI=1S/C12H17ClO/c1-9-7-11(5-4-6-13)12(14-3)8-10(9)2/h7-8H,4-6H2,1-3H3. The van der Waals surface area contributed by atoms with Crippen LogP contribution in [-0.4, -0.2) is 13.0 Å². The molecular formula is C12H17ClO. The van der Waals surface area contributed by atoms with Crippen LogP contribution in [0.2, 0.25) is 0 Å². The van der Waals surface area contributed by atoms with Crippen LogP contribution in [0.25, 0.3) is 0 Å². The van der Waals surface area contributed by atoms with Gasteiger partial charge < -0.3 is 4.74 Å². The highest BCUT2D eigenvalue weighted by Gasteiger charge is 2.05. The minimum atomic E-state index is 0.704. The predicted octanol–water partition coefficient (Wildman–Crippen LogP) is 3.48. The Kier molecular flexibility index (Phi) is 4.27. The van der Waals surface area contributed by atoms with Crippen LogP contribution in [0.4, 0.5) is 0 Å². The van der Waals surface area contributed by atoms with E-state index in [1.54, 1.807) is 7.11 Å². The molecule has 0 aromatic heterocycles. The molecule has 0 unspecified atom stereocenters. The smallest absolute Gasteiger partial charge is 0.122 e. The monoisotopic (exact) mass is 212 g/mol. The van der Waals surface area contributed by atoms with Crippen LogP contribution >= 0.6 is 11.6 Å². The summed E-state index contributed by atoms with van der Waals surface area (Å²) in [4.78, 5) is 0. The molecule has 0 radical (unpaired) electrons. The first-order valence-corrected chi connectivity index (χ1v) is 5.42. The van der Waals surface area contributed by atoms with Gasteiger partial charge in [0.2, 0.25) is 0 Å². The Morgan fingerprint density at radius 1 is 1.21 bits per heavy atom. The third kappa shape index (κ3) is 2.65. The molecule has 0 N–H and O–H groups in total. The van der Waals surface area contributed by atoms with E-state index in [1.165, 1.54) is 16.7 Å². The number of hydrogen-bond donors (Lipinski definition) is 0. The molecule has 0 aliphatic rings. The molecule has 2 heteroatoms. The summed E-state index contributed by atoms with van der Waals surface area (Å²) in [5.41, 5.74) is 3.85. The van der Waals surface area contributed by atoms with Gasteiger partial charge in [-0.05, 0) is 49.4 Å². The van der Waals surface area contributed by atoms with Crippen molar-refractivity contribution in [1.29, 1.82) is 0 Å². The Morgan fingerprint density at radius 2 is 1.86 bits per heavy atom. The molecule has 0 spiro atoms. The largest absolute Gasteiger partial charge is 0.496 e. The van der Waals surface area contributed by atoms with Gasteiger partial charge in [0.05, 0.1) is 7.11 Å². The molecule has 0 amide bonds. The second-order valence-corrected chi connectivity index (χ2v) is 3.92. The average molecular weight is 213 g/mol. The summed E-state index contributed by atoms with van der Waals surface area (Å²) in [6.45, 7) is 4.22. The first kappa shape index (κ1) is 11.4. The van der Waals surface area contributed by atoms with Gasteiger partial charge >= 0.3 is 0 Å². The molecule has 0 bridgehead atoms. The Morgan fingerprint density at radius 3 is 2.43 bits per heavy atom. The number of benzene rings is 1. The molecular weight excluding hydrogens is 196 g/mol. The number of hydrogen-bond acceptors (Lipinski definition) is 1. The molecule has 0 fully saturated rings. The molecule has 0 heterocycles. The van der Waals surface area contributed by atoms with Crippen molar-refractivity contribution in [2.24, 2.45) is 0 Å². The molecule has 0 saturated heterocycles. The van der Waals surface area contributed by atoms with Crippen LogP contribution in [0.3, 0.4) is 0 Å². The lowest BCUT2D eigenvalue weighted by atomic mass is 10.0. The number of halogens is 1. The Balaban J connectivity index is 2.95. The van der Waals surface area contributed by atoms with Crippen LogP contribution in [0.1, 0.15) is 23.1 Å². The van der Waals surface area contributed by atoms with Crippen LogP contribution in [0, 0.1) is 13.8 Å². The highest BCUT2D eigenvalue weighted by molar-refractivity contribution is 6.17. The maximum atomic E-state index is 5.68. The number of aryl methyl sites for hydroxylation is 3. The van der Waals surface area contributed by atoms with E-state index in [9.17, 15) is 0 Å². The van der Waals surface area contributed by atoms with E-state index in [4.69, 9.17) is 16.3 Å². The van der Waals surface area contributed by atoms with E-state index >= 15 is 0 Å². The zero-order valence-corrected chi connectivity index (χ0v) is 9.82. The van der Waals surface area contributed by atoms with Gasteiger partial charge in [0.15, 0.2) is 0 Å². The van der Waals surface area contributed by atoms with Crippen LogP contribution in [0.15, 0.2) is 12.1 Å². The van der Waals surface area contributed by atoms with E-state index in [2.05, 4.69) is 26.0 Å². The minimum Gasteiger partial charge on any atom is -0.496 e. The summed E-state index contributed by atoms with van der Waals surface area (Å²) in [5, 5.41) is 0.